The molecule has 0 radical (unpaired) electrons. The average molecular weight is 192 g/mol. The Morgan fingerprint density at radius 3 is 3.00 bits per heavy atom. The van der Waals surface area contributed by atoms with Crippen molar-refractivity contribution in [1.82, 2.24) is 4.90 Å². The van der Waals surface area contributed by atoms with Gasteiger partial charge in [0.25, 0.3) is 0 Å². The summed E-state index contributed by atoms with van der Waals surface area (Å²) in [5, 5.41) is 0. The zero-order valence-electron chi connectivity index (χ0n) is 7.76. The Kier molecular flexibility index (Phi) is 4.96. The fourth-order valence-corrected chi connectivity index (χ4v) is 2.09. The van der Waals surface area contributed by atoms with E-state index in [1.165, 1.54) is 25.8 Å². The number of piperidine rings is 1. The molecule has 1 unspecified atom stereocenters. The second kappa shape index (κ2) is 5.79. The number of halogens is 1. The van der Waals surface area contributed by atoms with Gasteiger partial charge in [-0.05, 0) is 19.4 Å². The molecule has 1 heterocycles. The molecule has 1 atom stereocenters. The fraction of sp³-hybridized carbons (Fsp3) is 1.00. The summed E-state index contributed by atoms with van der Waals surface area (Å²) in [6, 6.07) is 0.593. The van der Waals surface area contributed by atoms with Gasteiger partial charge in [0, 0.05) is 25.6 Å². The van der Waals surface area contributed by atoms with Crippen molar-refractivity contribution in [2.45, 2.75) is 25.3 Å². The first-order valence-electron chi connectivity index (χ1n) is 4.67. The van der Waals surface area contributed by atoms with E-state index in [0.717, 1.165) is 19.0 Å². The van der Waals surface area contributed by atoms with Crippen LogP contribution in [0.2, 0.25) is 0 Å². The van der Waals surface area contributed by atoms with E-state index < -0.39 is 0 Å². The fourth-order valence-electron chi connectivity index (χ4n) is 1.74. The third-order valence-corrected chi connectivity index (χ3v) is 2.87. The second-order valence-electron chi connectivity index (χ2n) is 3.33. The molecule has 0 spiro atoms. The van der Waals surface area contributed by atoms with Crippen molar-refractivity contribution in [2.75, 3.05) is 32.7 Å². The molecular formula is C9H18ClNO. The quantitative estimate of drug-likeness (QED) is 0.628. The summed E-state index contributed by atoms with van der Waals surface area (Å²) in [7, 11) is 1.75. The van der Waals surface area contributed by atoms with E-state index in [4.69, 9.17) is 16.3 Å². The molecule has 0 amide bonds. The molecule has 12 heavy (non-hydrogen) atoms. The third kappa shape index (κ3) is 2.92. The summed E-state index contributed by atoms with van der Waals surface area (Å²) in [5.74, 6) is 0.768. The van der Waals surface area contributed by atoms with Crippen molar-refractivity contribution in [1.29, 1.82) is 0 Å². The maximum atomic E-state index is 5.87. The summed E-state index contributed by atoms with van der Waals surface area (Å²) in [6.45, 7) is 3.06. The molecule has 3 heteroatoms. The Morgan fingerprint density at radius 1 is 1.50 bits per heavy atom. The Hall–Kier alpha value is 0.210. The molecule has 0 aromatic carbocycles. The van der Waals surface area contributed by atoms with E-state index in [1.807, 2.05) is 0 Å². The number of rotatable bonds is 4. The van der Waals surface area contributed by atoms with E-state index in [2.05, 4.69) is 4.90 Å². The van der Waals surface area contributed by atoms with Gasteiger partial charge in [0.2, 0.25) is 0 Å². The van der Waals surface area contributed by atoms with E-state index in [9.17, 15) is 0 Å². The molecule has 2 nitrogen and oxygen atoms in total. The molecule has 0 bridgehead atoms. The standard InChI is InChI=1S/C9H18ClNO/c1-12-7-6-11-5-3-2-4-9(11)8-10/h9H,2-8H2,1H3. The van der Waals surface area contributed by atoms with Crippen molar-refractivity contribution in [2.24, 2.45) is 0 Å². The minimum atomic E-state index is 0.593. The minimum Gasteiger partial charge on any atom is -0.383 e. The molecular weight excluding hydrogens is 174 g/mol. The lowest BCUT2D eigenvalue weighted by atomic mass is 10.0. The molecule has 0 aromatic rings. The Labute approximate surface area is 79.8 Å². The zero-order valence-corrected chi connectivity index (χ0v) is 8.52. The van der Waals surface area contributed by atoms with Crippen LogP contribution < -0.4 is 0 Å². The maximum absolute atomic E-state index is 5.87. The predicted octanol–water partition coefficient (Wildman–Crippen LogP) is 1.73. The van der Waals surface area contributed by atoms with Crippen molar-refractivity contribution in [3.8, 4) is 0 Å². The highest BCUT2D eigenvalue weighted by atomic mass is 35.5. The summed E-state index contributed by atoms with van der Waals surface area (Å²) in [4.78, 5) is 2.44. The molecule has 1 rings (SSSR count). The van der Waals surface area contributed by atoms with Gasteiger partial charge in [-0.2, -0.15) is 0 Å². The van der Waals surface area contributed by atoms with Gasteiger partial charge in [0.15, 0.2) is 0 Å². The number of hydrogen-bond acceptors (Lipinski definition) is 2. The smallest absolute Gasteiger partial charge is 0.0589 e. The maximum Gasteiger partial charge on any atom is 0.0589 e. The molecule has 1 aliphatic rings. The van der Waals surface area contributed by atoms with Gasteiger partial charge in [-0.15, -0.1) is 11.6 Å². The van der Waals surface area contributed by atoms with Crippen LogP contribution in [0, 0.1) is 0 Å². The van der Waals surface area contributed by atoms with Crippen LogP contribution in [0.3, 0.4) is 0 Å². The Bertz CT molecular complexity index is 121. The van der Waals surface area contributed by atoms with E-state index >= 15 is 0 Å². The Balaban J connectivity index is 2.26. The molecule has 0 saturated carbocycles. The van der Waals surface area contributed by atoms with E-state index in [0.29, 0.717) is 6.04 Å². The first-order valence-corrected chi connectivity index (χ1v) is 5.21. The van der Waals surface area contributed by atoms with Gasteiger partial charge in [-0.1, -0.05) is 6.42 Å². The average Bonchev–Trinajstić information content (AvgIpc) is 2.15. The van der Waals surface area contributed by atoms with Crippen LogP contribution in [0.5, 0.6) is 0 Å². The number of nitrogens with zero attached hydrogens (tertiary/aromatic N) is 1. The van der Waals surface area contributed by atoms with Crippen LogP contribution in [-0.2, 0) is 4.74 Å². The molecule has 1 aliphatic heterocycles. The monoisotopic (exact) mass is 191 g/mol. The number of alkyl halides is 1. The zero-order chi connectivity index (χ0) is 8.81. The van der Waals surface area contributed by atoms with Crippen LogP contribution in [0.15, 0.2) is 0 Å². The van der Waals surface area contributed by atoms with Crippen LogP contribution in [0.25, 0.3) is 0 Å². The highest BCUT2D eigenvalue weighted by Gasteiger charge is 2.20. The largest absolute Gasteiger partial charge is 0.383 e. The topological polar surface area (TPSA) is 12.5 Å². The highest BCUT2D eigenvalue weighted by molar-refractivity contribution is 6.18. The van der Waals surface area contributed by atoms with E-state index in [1.54, 1.807) is 7.11 Å². The first kappa shape index (κ1) is 10.3. The molecule has 1 fully saturated rings. The van der Waals surface area contributed by atoms with Gasteiger partial charge in [-0.25, -0.2) is 0 Å². The molecule has 0 N–H and O–H groups in total. The lowest BCUT2D eigenvalue weighted by Gasteiger charge is -2.34. The second-order valence-corrected chi connectivity index (χ2v) is 3.64. The number of hydrogen-bond donors (Lipinski definition) is 0. The lowest BCUT2D eigenvalue weighted by molar-refractivity contribution is 0.105. The first-order chi connectivity index (χ1) is 5.88. The Morgan fingerprint density at radius 2 is 2.33 bits per heavy atom. The summed E-state index contributed by atoms with van der Waals surface area (Å²) >= 11 is 5.87. The SMILES string of the molecule is COCCN1CCCCC1CCl. The lowest BCUT2D eigenvalue weighted by Crippen LogP contribution is -2.42. The van der Waals surface area contributed by atoms with Gasteiger partial charge in [0.1, 0.15) is 0 Å². The van der Waals surface area contributed by atoms with Crippen LogP contribution in [-0.4, -0.2) is 43.6 Å². The van der Waals surface area contributed by atoms with Crippen molar-refractivity contribution in [3.05, 3.63) is 0 Å². The van der Waals surface area contributed by atoms with Gasteiger partial charge < -0.3 is 4.74 Å². The van der Waals surface area contributed by atoms with Crippen LogP contribution in [0.4, 0.5) is 0 Å². The normalized spacial score (nSPS) is 26.0. The molecule has 1 saturated heterocycles. The molecule has 0 aliphatic carbocycles. The van der Waals surface area contributed by atoms with Gasteiger partial charge >= 0.3 is 0 Å². The van der Waals surface area contributed by atoms with Gasteiger partial charge in [0.05, 0.1) is 6.61 Å². The van der Waals surface area contributed by atoms with Crippen molar-refractivity contribution in [3.63, 3.8) is 0 Å². The summed E-state index contributed by atoms with van der Waals surface area (Å²) in [5.41, 5.74) is 0. The van der Waals surface area contributed by atoms with Crippen LogP contribution in [0.1, 0.15) is 19.3 Å². The van der Waals surface area contributed by atoms with E-state index in [-0.39, 0.29) is 0 Å². The highest BCUT2D eigenvalue weighted by Crippen LogP contribution is 2.17. The van der Waals surface area contributed by atoms with Gasteiger partial charge in [-0.3, -0.25) is 4.90 Å². The minimum absolute atomic E-state index is 0.593. The third-order valence-electron chi connectivity index (χ3n) is 2.51. The molecule has 0 aromatic heterocycles. The number of likely N-dealkylation sites (tertiary alicyclic amines) is 1. The van der Waals surface area contributed by atoms with Crippen molar-refractivity contribution >= 4 is 11.6 Å². The van der Waals surface area contributed by atoms with Crippen LogP contribution >= 0.6 is 11.6 Å². The summed E-state index contributed by atoms with van der Waals surface area (Å²) < 4.78 is 5.05. The number of methoxy groups -OCH3 is 1. The number of ether oxygens (including phenoxy) is 1. The summed E-state index contributed by atoms with van der Waals surface area (Å²) in [6.07, 6.45) is 3.91. The predicted molar refractivity (Wildman–Crippen MR) is 51.8 cm³/mol. The molecule has 72 valence electrons. The van der Waals surface area contributed by atoms with Crippen molar-refractivity contribution < 1.29 is 4.74 Å².